The minimum atomic E-state index is -1.08. The molecule has 0 aliphatic heterocycles. The first kappa shape index (κ1) is 15.6. The normalized spacial score (nSPS) is 11.5. The van der Waals surface area contributed by atoms with Crippen molar-refractivity contribution in [1.29, 1.82) is 0 Å². The summed E-state index contributed by atoms with van der Waals surface area (Å²) in [5, 5.41) is 11.0. The van der Waals surface area contributed by atoms with Crippen LogP contribution in [0.2, 0.25) is 0 Å². The van der Waals surface area contributed by atoms with Crippen LogP contribution >= 0.6 is 0 Å². The second kappa shape index (κ2) is 7.26. The van der Waals surface area contributed by atoms with Crippen LogP contribution in [0.15, 0.2) is 54.6 Å². The topological polar surface area (TPSA) is 75.6 Å². The Bertz CT molecular complexity index is 637. The molecular weight excluding hydrogens is 282 g/mol. The van der Waals surface area contributed by atoms with Crippen LogP contribution in [0, 0.1) is 0 Å². The van der Waals surface area contributed by atoms with E-state index in [0.717, 1.165) is 11.1 Å². The van der Waals surface area contributed by atoms with Gasteiger partial charge in [0, 0.05) is 0 Å². The zero-order valence-corrected chi connectivity index (χ0v) is 12.2. The zero-order valence-electron chi connectivity index (χ0n) is 12.2. The average Bonchev–Trinajstić information content (AvgIpc) is 2.54. The molecule has 2 N–H and O–H groups in total. The maximum atomic E-state index is 11.5. The number of nitrogens with one attached hydrogen (secondary N) is 1. The van der Waals surface area contributed by atoms with Crippen LogP contribution in [0.25, 0.3) is 11.1 Å². The fourth-order valence-corrected chi connectivity index (χ4v) is 1.87. The number of ether oxygens (including phenoxy) is 1. The Labute approximate surface area is 128 Å². The number of carboxylic acids is 1. The SMILES string of the molecule is CC(NC(=O)COc1ccc(-c2ccccc2)cc1)C(=O)O. The molecule has 0 saturated carbocycles. The molecule has 0 aliphatic rings. The summed E-state index contributed by atoms with van der Waals surface area (Å²) in [5.74, 6) is -1.000. The van der Waals surface area contributed by atoms with Crippen LogP contribution in [0.5, 0.6) is 5.75 Å². The molecule has 2 aromatic rings. The highest BCUT2D eigenvalue weighted by Gasteiger charge is 2.14. The van der Waals surface area contributed by atoms with E-state index < -0.39 is 17.9 Å². The van der Waals surface area contributed by atoms with Crippen molar-refractivity contribution in [1.82, 2.24) is 5.32 Å². The van der Waals surface area contributed by atoms with Crippen LogP contribution in [-0.4, -0.2) is 29.6 Å². The first-order chi connectivity index (χ1) is 10.6. The highest BCUT2D eigenvalue weighted by Crippen LogP contribution is 2.21. The summed E-state index contributed by atoms with van der Waals surface area (Å²) in [4.78, 5) is 22.1. The fraction of sp³-hybridized carbons (Fsp3) is 0.176. The van der Waals surface area contributed by atoms with Crippen molar-refractivity contribution in [3.63, 3.8) is 0 Å². The van der Waals surface area contributed by atoms with Crippen LogP contribution in [0.1, 0.15) is 6.92 Å². The van der Waals surface area contributed by atoms with Gasteiger partial charge in [0.25, 0.3) is 5.91 Å². The number of hydrogen-bond donors (Lipinski definition) is 2. The van der Waals surface area contributed by atoms with Crippen LogP contribution in [-0.2, 0) is 9.59 Å². The van der Waals surface area contributed by atoms with E-state index in [1.54, 1.807) is 12.1 Å². The molecule has 0 heterocycles. The van der Waals surface area contributed by atoms with Gasteiger partial charge in [0.05, 0.1) is 0 Å². The lowest BCUT2D eigenvalue weighted by molar-refractivity contribution is -0.141. The number of carboxylic acid groups (broad SMARTS) is 1. The van der Waals surface area contributed by atoms with Crippen LogP contribution < -0.4 is 10.1 Å². The number of carbonyl (C=O) groups excluding carboxylic acids is 1. The molecule has 1 atom stereocenters. The molecule has 1 amide bonds. The van der Waals surface area contributed by atoms with Gasteiger partial charge in [-0.1, -0.05) is 42.5 Å². The van der Waals surface area contributed by atoms with E-state index in [9.17, 15) is 9.59 Å². The van der Waals surface area contributed by atoms with Crippen LogP contribution in [0.3, 0.4) is 0 Å². The summed E-state index contributed by atoms with van der Waals surface area (Å²) in [7, 11) is 0. The Morgan fingerprint density at radius 3 is 2.23 bits per heavy atom. The molecule has 114 valence electrons. The van der Waals surface area contributed by atoms with Gasteiger partial charge in [-0.05, 0) is 30.2 Å². The standard InChI is InChI=1S/C17H17NO4/c1-12(17(20)21)18-16(19)11-22-15-9-7-14(8-10-15)13-5-3-2-4-6-13/h2-10,12H,11H2,1H3,(H,18,19)(H,20,21). The largest absolute Gasteiger partial charge is 0.484 e. The van der Waals surface area contributed by atoms with Crippen molar-refractivity contribution < 1.29 is 19.4 Å². The lowest BCUT2D eigenvalue weighted by Crippen LogP contribution is -2.40. The van der Waals surface area contributed by atoms with Gasteiger partial charge < -0.3 is 15.2 Å². The predicted octanol–water partition coefficient (Wildman–Crippen LogP) is 2.32. The quantitative estimate of drug-likeness (QED) is 0.858. The molecule has 0 aromatic heterocycles. The molecule has 5 nitrogen and oxygen atoms in total. The predicted molar refractivity (Wildman–Crippen MR) is 82.6 cm³/mol. The summed E-state index contributed by atoms with van der Waals surface area (Å²) in [6.07, 6.45) is 0. The Hall–Kier alpha value is -2.82. The monoisotopic (exact) mass is 299 g/mol. The molecular formula is C17H17NO4. The summed E-state index contributed by atoms with van der Waals surface area (Å²) in [5.41, 5.74) is 2.15. The number of amides is 1. The molecule has 0 bridgehead atoms. The summed E-state index contributed by atoms with van der Waals surface area (Å²) >= 11 is 0. The highest BCUT2D eigenvalue weighted by molar-refractivity contribution is 5.84. The first-order valence-electron chi connectivity index (χ1n) is 6.86. The summed E-state index contributed by atoms with van der Waals surface area (Å²) < 4.78 is 5.33. The average molecular weight is 299 g/mol. The third kappa shape index (κ3) is 4.34. The van der Waals surface area contributed by atoms with E-state index in [1.807, 2.05) is 42.5 Å². The fourth-order valence-electron chi connectivity index (χ4n) is 1.87. The van der Waals surface area contributed by atoms with Gasteiger partial charge in [-0.2, -0.15) is 0 Å². The van der Waals surface area contributed by atoms with Crippen molar-refractivity contribution in [2.45, 2.75) is 13.0 Å². The van der Waals surface area contributed by atoms with Gasteiger partial charge in [-0.25, -0.2) is 0 Å². The molecule has 0 spiro atoms. The van der Waals surface area contributed by atoms with Gasteiger partial charge in [0.2, 0.25) is 0 Å². The highest BCUT2D eigenvalue weighted by atomic mass is 16.5. The molecule has 0 radical (unpaired) electrons. The minimum absolute atomic E-state index is 0.220. The Morgan fingerprint density at radius 2 is 1.64 bits per heavy atom. The molecule has 2 aromatic carbocycles. The van der Waals surface area contributed by atoms with Gasteiger partial charge in [-0.3, -0.25) is 9.59 Å². The molecule has 22 heavy (non-hydrogen) atoms. The number of carbonyl (C=O) groups is 2. The van der Waals surface area contributed by atoms with E-state index in [1.165, 1.54) is 6.92 Å². The summed E-state index contributed by atoms with van der Waals surface area (Å²) in [6.45, 7) is 1.18. The molecule has 1 unspecified atom stereocenters. The van der Waals surface area contributed by atoms with Crippen molar-refractivity contribution in [2.75, 3.05) is 6.61 Å². The number of benzene rings is 2. The second-order valence-corrected chi connectivity index (χ2v) is 4.81. The van der Waals surface area contributed by atoms with Gasteiger partial charge in [0.1, 0.15) is 11.8 Å². The Balaban J connectivity index is 1.89. The van der Waals surface area contributed by atoms with Crippen molar-refractivity contribution in [3.05, 3.63) is 54.6 Å². The van der Waals surface area contributed by atoms with Crippen molar-refractivity contribution >= 4 is 11.9 Å². The number of rotatable bonds is 6. The van der Waals surface area contributed by atoms with Gasteiger partial charge >= 0.3 is 5.97 Å². The first-order valence-corrected chi connectivity index (χ1v) is 6.86. The smallest absolute Gasteiger partial charge is 0.325 e. The van der Waals surface area contributed by atoms with E-state index in [2.05, 4.69) is 5.32 Å². The van der Waals surface area contributed by atoms with E-state index >= 15 is 0 Å². The molecule has 0 aliphatic carbocycles. The zero-order chi connectivity index (χ0) is 15.9. The molecule has 5 heteroatoms. The molecule has 0 fully saturated rings. The lowest BCUT2D eigenvalue weighted by Gasteiger charge is -2.10. The second-order valence-electron chi connectivity index (χ2n) is 4.81. The Kier molecular flexibility index (Phi) is 5.14. The maximum absolute atomic E-state index is 11.5. The van der Waals surface area contributed by atoms with E-state index in [0.29, 0.717) is 5.75 Å². The molecule has 2 rings (SSSR count). The minimum Gasteiger partial charge on any atom is -0.484 e. The number of hydrogen-bond acceptors (Lipinski definition) is 3. The number of aliphatic carboxylic acids is 1. The summed E-state index contributed by atoms with van der Waals surface area (Å²) in [6, 6.07) is 16.3. The van der Waals surface area contributed by atoms with Crippen molar-refractivity contribution in [3.8, 4) is 16.9 Å². The maximum Gasteiger partial charge on any atom is 0.325 e. The lowest BCUT2D eigenvalue weighted by atomic mass is 10.1. The third-order valence-corrected chi connectivity index (χ3v) is 3.08. The van der Waals surface area contributed by atoms with E-state index in [4.69, 9.17) is 9.84 Å². The molecule has 0 saturated heterocycles. The van der Waals surface area contributed by atoms with Gasteiger partial charge in [-0.15, -0.1) is 0 Å². The van der Waals surface area contributed by atoms with Crippen molar-refractivity contribution in [2.24, 2.45) is 0 Å². The Morgan fingerprint density at radius 1 is 1.05 bits per heavy atom. The van der Waals surface area contributed by atoms with Gasteiger partial charge in [0.15, 0.2) is 6.61 Å². The van der Waals surface area contributed by atoms with Crippen LogP contribution in [0.4, 0.5) is 0 Å². The third-order valence-electron chi connectivity index (χ3n) is 3.08. The van der Waals surface area contributed by atoms with E-state index in [-0.39, 0.29) is 6.61 Å².